The molecule has 1 heterocycles. The molecule has 0 saturated carbocycles. The van der Waals surface area contributed by atoms with Gasteiger partial charge in [0.1, 0.15) is 5.82 Å². The molecule has 2 aromatic rings. The molecule has 1 aliphatic carbocycles. The quantitative estimate of drug-likeness (QED) is 0.779. The zero-order valence-corrected chi connectivity index (χ0v) is 8.59. The highest BCUT2D eigenvalue weighted by atomic mass is 19.1. The van der Waals surface area contributed by atoms with E-state index in [0.717, 1.165) is 17.7 Å². The van der Waals surface area contributed by atoms with Crippen LogP contribution in [0.4, 0.5) is 4.39 Å². The average Bonchev–Trinajstić information content (AvgIpc) is 2.82. The summed E-state index contributed by atoms with van der Waals surface area (Å²) < 4.78 is 13.5. The maximum Gasteiger partial charge on any atom is 0.165 e. The molecule has 0 radical (unpaired) electrons. The minimum atomic E-state index is -0.269. The Kier molecular flexibility index (Phi) is 1.93. The highest BCUT2D eigenvalue weighted by Gasteiger charge is 2.22. The van der Waals surface area contributed by atoms with Gasteiger partial charge in [-0.3, -0.25) is 4.79 Å². The van der Waals surface area contributed by atoms with Crippen molar-refractivity contribution in [2.45, 2.75) is 12.8 Å². The molecule has 1 aromatic heterocycles. The van der Waals surface area contributed by atoms with Gasteiger partial charge in [-0.1, -0.05) is 12.1 Å². The lowest BCUT2D eigenvalue weighted by Gasteiger charge is -1.99. The number of carbonyl (C=O) groups is 1. The Bertz CT molecular complexity index is 571. The van der Waals surface area contributed by atoms with Gasteiger partial charge in [0.25, 0.3) is 0 Å². The fourth-order valence-electron chi connectivity index (χ4n) is 2.14. The van der Waals surface area contributed by atoms with Crippen LogP contribution in [0.5, 0.6) is 0 Å². The maximum absolute atomic E-state index is 13.5. The second-order valence-corrected chi connectivity index (χ2v) is 3.98. The minimum Gasteiger partial charge on any atom is -0.358 e. The lowest BCUT2D eigenvalue weighted by molar-refractivity contribution is 0.0994. The van der Waals surface area contributed by atoms with Crippen molar-refractivity contribution in [3.05, 3.63) is 47.4 Å². The number of rotatable bonds is 1. The van der Waals surface area contributed by atoms with Crippen molar-refractivity contribution in [1.82, 2.24) is 4.98 Å². The first-order valence-corrected chi connectivity index (χ1v) is 5.25. The Hall–Kier alpha value is -1.90. The first kappa shape index (κ1) is 9.33. The molecule has 1 N–H and O–H groups in total. The molecule has 0 fully saturated rings. The molecule has 0 spiro atoms. The normalized spacial score (nSPS) is 14.2. The van der Waals surface area contributed by atoms with Gasteiger partial charge in [0, 0.05) is 28.9 Å². The van der Waals surface area contributed by atoms with E-state index in [1.165, 1.54) is 6.07 Å². The van der Waals surface area contributed by atoms with Crippen LogP contribution >= 0.6 is 0 Å². The monoisotopic (exact) mass is 215 g/mol. The van der Waals surface area contributed by atoms with Crippen LogP contribution in [0.3, 0.4) is 0 Å². The van der Waals surface area contributed by atoms with Crippen molar-refractivity contribution >= 4 is 5.78 Å². The molecular formula is C13H10FNO. The second-order valence-electron chi connectivity index (χ2n) is 3.98. The van der Waals surface area contributed by atoms with Crippen LogP contribution in [0.2, 0.25) is 0 Å². The summed E-state index contributed by atoms with van der Waals surface area (Å²) in [6.45, 7) is 0. The Morgan fingerprint density at radius 3 is 2.69 bits per heavy atom. The summed E-state index contributed by atoms with van der Waals surface area (Å²) in [7, 11) is 0. The van der Waals surface area contributed by atoms with Crippen LogP contribution in [-0.2, 0) is 6.42 Å². The standard InChI is InChI=1S/C13H10FNO/c14-10-4-2-1-3-8(10)12-7-9-11(15-12)5-6-13(9)16/h1-4,7,15H,5-6H2. The van der Waals surface area contributed by atoms with Crippen molar-refractivity contribution in [2.24, 2.45) is 0 Å². The van der Waals surface area contributed by atoms with Gasteiger partial charge in [0.15, 0.2) is 5.78 Å². The Balaban J connectivity index is 2.12. The average molecular weight is 215 g/mol. The van der Waals surface area contributed by atoms with Crippen molar-refractivity contribution in [3.63, 3.8) is 0 Å². The fourth-order valence-corrected chi connectivity index (χ4v) is 2.14. The summed E-state index contributed by atoms with van der Waals surface area (Å²) in [5.41, 5.74) is 2.86. The lowest BCUT2D eigenvalue weighted by atomic mass is 10.1. The van der Waals surface area contributed by atoms with E-state index in [1.54, 1.807) is 24.3 Å². The molecule has 3 heteroatoms. The Morgan fingerprint density at radius 2 is 1.94 bits per heavy atom. The van der Waals surface area contributed by atoms with E-state index in [4.69, 9.17) is 0 Å². The summed E-state index contributed by atoms with van der Waals surface area (Å²) in [6, 6.07) is 8.32. The number of halogens is 1. The van der Waals surface area contributed by atoms with E-state index >= 15 is 0 Å². The van der Waals surface area contributed by atoms with Crippen LogP contribution in [0.25, 0.3) is 11.3 Å². The molecule has 0 aliphatic heterocycles. The number of hydrogen-bond donors (Lipinski definition) is 1. The Labute approximate surface area is 92.1 Å². The lowest BCUT2D eigenvalue weighted by Crippen LogP contribution is -1.89. The number of hydrogen-bond acceptors (Lipinski definition) is 1. The smallest absolute Gasteiger partial charge is 0.165 e. The topological polar surface area (TPSA) is 32.9 Å². The summed E-state index contributed by atoms with van der Waals surface area (Å²) in [5.74, 6) is -0.122. The van der Waals surface area contributed by atoms with Crippen LogP contribution < -0.4 is 0 Å². The number of aromatic nitrogens is 1. The number of carbonyl (C=O) groups excluding carboxylic acids is 1. The van der Waals surface area contributed by atoms with Gasteiger partial charge in [-0.15, -0.1) is 0 Å². The van der Waals surface area contributed by atoms with Gasteiger partial charge in [0.05, 0.1) is 0 Å². The highest BCUT2D eigenvalue weighted by Crippen LogP contribution is 2.29. The SMILES string of the molecule is O=C1CCc2[nH]c(-c3ccccc3F)cc21. The number of fused-ring (bicyclic) bond motifs is 1. The minimum absolute atomic E-state index is 0.147. The third kappa shape index (κ3) is 1.28. The van der Waals surface area contributed by atoms with Crippen molar-refractivity contribution in [2.75, 3.05) is 0 Å². The van der Waals surface area contributed by atoms with Gasteiger partial charge in [0.2, 0.25) is 0 Å². The van der Waals surface area contributed by atoms with Gasteiger partial charge >= 0.3 is 0 Å². The molecule has 0 bridgehead atoms. The van der Waals surface area contributed by atoms with E-state index in [2.05, 4.69) is 4.98 Å². The predicted molar refractivity (Wildman–Crippen MR) is 58.8 cm³/mol. The molecule has 1 aliphatic rings. The van der Waals surface area contributed by atoms with Gasteiger partial charge < -0.3 is 4.98 Å². The third-order valence-electron chi connectivity index (χ3n) is 2.97. The summed E-state index contributed by atoms with van der Waals surface area (Å²) in [4.78, 5) is 14.6. The zero-order valence-electron chi connectivity index (χ0n) is 8.59. The fraction of sp³-hybridized carbons (Fsp3) is 0.154. The molecule has 2 nitrogen and oxygen atoms in total. The van der Waals surface area contributed by atoms with Crippen molar-refractivity contribution in [1.29, 1.82) is 0 Å². The zero-order chi connectivity index (χ0) is 11.1. The van der Waals surface area contributed by atoms with Crippen LogP contribution in [-0.4, -0.2) is 10.8 Å². The predicted octanol–water partition coefficient (Wildman–Crippen LogP) is 2.95. The van der Waals surface area contributed by atoms with Crippen LogP contribution in [0.1, 0.15) is 22.5 Å². The van der Waals surface area contributed by atoms with Crippen molar-refractivity contribution < 1.29 is 9.18 Å². The number of H-pyrrole nitrogens is 1. The molecule has 0 atom stereocenters. The Morgan fingerprint density at radius 1 is 1.12 bits per heavy atom. The second kappa shape index (κ2) is 3.30. The molecule has 1 aromatic carbocycles. The molecule has 3 rings (SSSR count). The number of nitrogens with one attached hydrogen (secondary N) is 1. The number of Topliss-reactive ketones (excluding diaryl/α,β-unsaturated/α-hetero) is 1. The highest BCUT2D eigenvalue weighted by molar-refractivity contribution is 6.01. The van der Waals surface area contributed by atoms with E-state index in [1.807, 2.05) is 0 Å². The molecular weight excluding hydrogens is 205 g/mol. The van der Waals surface area contributed by atoms with Gasteiger partial charge in [-0.05, 0) is 24.6 Å². The van der Waals surface area contributed by atoms with E-state index in [0.29, 0.717) is 17.7 Å². The number of ketones is 1. The van der Waals surface area contributed by atoms with E-state index in [-0.39, 0.29) is 11.6 Å². The molecule has 16 heavy (non-hydrogen) atoms. The van der Waals surface area contributed by atoms with E-state index in [9.17, 15) is 9.18 Å². The van der Waals surface area contributed by atoms with Gasteiger partial charge in [-0.2, -0.15) is 0 Å². The van der Waals surface area contributed by atoms with Crippen LogP contribution in [0, 0.1) is 5.82 Å². The summed E-state index contributed by atoms with van der Waals surface area (Å²) in [6.07, 6.45) is 1.31. The molecule has 0 unspecified atom stereocenters. The number of aromatic amines is 1. The first-order valence-electron chi connectivity index (χ1n) is 5.25. The summed E-state index contributed by atoms with van der Waals surface area (Å²) >= 11 is 0. The van der Waals surface area contributed by atoms with Crippen LogP contribution in [0.15, 0.2) is 30.3 Å². The third-order valence-corrected chi connectivity index (χ3v) is 2.97. The molecule has 0 amide bonds. The number of benzene rings is 1. The molecule has 80 valence electrons. The first-order chi connectivity index (χ1) is 7.75. The largest absolute Gasteiger partial charge is 0.358 e. The molecule has 0 saturated heterocycles. The number of aryl methyl sites for hydroxylation is 1. The maximum atomic E-state index is 13.5. The van der Waals surface area contributed by atoms with E-state index < -0.39 is 0 Å². The summed E-state index contributed by atoms with van der Waals surface area (Å²) in [5, 5.41) is 0. The van der Waals surface area contributed by atoms with Crippen molar-refractivity contribution in [3.8, 4) is 11.3 Å². The van der Waals surface area contributed by atoms with Gasteiger partial charge in [-0.25, -0.2) is 4.39 Å².